The lowest BCUT2D eigenvalue weighted by atomic mass is 9.97. The summed E-state index contributed by atoms with van der Waals surface area (Å²) in [6, 6.07) is 25.8. The maximum absolute atomic E-state index is 6.06. The Hall–Kier alpha value is -2.16. The second kappa shape index (κ2) is 6.73. The van der Waals surface area contributed by atoms with Crippen LogP contribution in [0.25, 0.3) is 10.8 Å². The van der Waals surface area contributed by atoms with Gasteiger partial charge in [-0.2, -0.15) is 0 Å². The molecule has 0 heterocycles. The second-order valence-electron chi connectivity index (χ2n) is 5.66. The molecule has 112 valence electrons. The van der Waals surface area contributed by atoms with Gasteiger partial charge in [0.05, 0.1) is 0 Å². The summed E-state index contributed by atoms with van der Waals surface area (Å²) in [5.74, 6) is 0. The summed E-state index contributed by atoms with van der Waals surface area (Å²) in [6.07, 6.45) is 0. The van der Waals surface area contributed by atoms with Crippen molar-refractivity contribution < 1.29 is 0 Å². The summed E-state index contributed by atoms with van der Waals surface area (Å²) in [7, 11) is 0. The van der Waals surface area contributed by atoms with E-state index in [-0.39, 0.29) is 12.1 Å². The van der Waals surface area contributed by atoms with Crippen LogP contribution in [-0.2, 0) is 0 Å². The minimum Gasteiger partial charge on any atom is -0.329 e. The number of benzene rings is 3. The van der Waals surface area contributed by atoms with Crippen LogP contribution in [0.15, 0.2) is 72.8 Å². The molecular formula is C20H22N2. The number of nitrogens with two attached hydrogens (primary N) is 1. The molecule has 0 saturated carbocycles. The average Bonchev–Trinajstić information content (AvgIpc) is 2.60. The normalized spacial score (nSPS) is 13.9. The van der Waals surface area contributed by atoms with E-state index in [0.717, 1.165) is 0 Å². The number of fused-ring (bicyclic) bond motifs is 1. The van der Waals surface area contributed by atoms with Crippen molar-refractivity contribution in [2.24, 2.45) is 5.73 Å². The zero-order valence-electron chi connectivity index (χ0n) is 12.9. The first-order valence-electron chi connectivity index (χ1n) is 7.78. The molecule has 3 aromatic carbocycles. The van der Waals surface area contributed by atoms with E-state index in [1.165, 1.54) is 21.9 Å². The Kier molecular flexibility index (Phi) is 4.52. The molecule has 3 rings (SSSR count). The van der Waals surface area contributed by atoms with Crippen molar-refractivity contribution in [3.05, 3.63) is 83.9 Å². The third-order valence-electron chi connectivity index (χ3n) is 4.19. The van der Waals surface area contributed by atoms with E-state index in [0.29, 0.717) is 6.54 Å². The van der Waals surface area contributed by atoms with Crippen LogP contribution in [0.5, 0.6) is 0 Å². The third-order valence-corrected chi connectivity index (χ3v) is 4.19. The minimum absolute atomic E-state index is 0.140. The van der Waals surface area contributed by atoms with Gasteiger partial charge in [0, 0.05) is 18.6 Å². The van der Waals surface area contributed by atoms with Crippen LogP contribution in [0.4, 0.5) is 0 Å². The van der Waals surface area contributed by atoms with Crippen LogP contribution in [0.1, 0.15) is 30.1 Å². The quantitative estimate of drug-likeness (QED) is 0.739. The highest BCUT2D eigenvalue weighted by Crippen LogP contribution is 2.26. The van der Waals surface area contributed by atoms with Crippen molar-refractivity contribution in [3.8, 4) is 0 Å². The van der Waals surface area contributed by atoms with E-state index < -0.39 is 0 Å². The Morgan fingerprint density at radius 3 is 2.32 bits per heavy atom. The number of rotatable bonds is 5. The zero-order valence-corrected chi connectivity index (χ0v) is 12.9. The van der Waals surface area contributed by atoms with Crippen LogP contribution in [0, 0.1) is 0 Å². The fourth-order valence-corrected chi connectivity index (χ4v) is 2.98. The third kappa shape index (κ3) is 3.03. The first-order chi connectivity index (χ1) is 10.8. The van der Waals surface area contributed by atoms with Crippen LogP contribution in [0.3, 0.4) is 0 Å². The summed E-state index contributed by atoms with van der Waals surface area (Å²) in [6.45, 7) is 2.76. The Morgan fingerprint density at radius 2 is 1.55 bits per heavy atom. The highest BCUT2D eigenvalue weighted by Gasteiger charge is 2.15. The monoisotopic (exact) mass is 290 g/mol. The van der Waals surface area contributed by atoms with Gasteiger partial charge in [0.15, 0.2) is 0 Å². The van der Waals surface area contributed by atoms with Crippen LogP contribution < -0.4 is 11.1 Å². The molecular weight excluding hydrogens is 268 g/mol. The van der Waals surface area contributed by atoms with Crippen molar-refractivity contribution in [3.63, 3.8) is 0 Å². The number of hydrogen-bond acceptors (Lipinski definition) is 2. The molecule has 2 nitrogen and oxygen atoms in total. The smallest absolute Gasteiger partial charge is 0.0455 e. The van der Waals surface area contributed by atoms with Gasteiger partial charge in [0.1, 0.15) is 0 Å². The standard InChI is InChI=1S/C20H22N2/c1-15(16-8-3-2-4-9-16)22-20(14-21)19-13-7-11-17-10-5-6-12-18(17)19/h2-13,15,20,22H,14,21H2,1H3. The van der Waals surface area contributed by atoms with Crippen molar-refractivity contribution in [2.75, 3.05) is 6.54 Å². The molecule has 0 radical (unpaired) electrons. The molecule has 0 bridgehead atoms. The summed E-state index contributed by atoms with van der Waals surface area (Å²) in [5.41, 5.74) is 8.61. The van der Waals surface area contributed by atoms with Gasteiger partial charge in [-0.25, -0.2) is 0 Å². The van der Waals surface area contributed by atoms with E-state index in [2.05, 4.69) is 79.0 Å². The molecule has 2 atom stereocenters. The van der Waals surface area contributed by atoms with Gasteiger partial charge in [-0.1, -0.05) is 72.8 Å². The maximum Gasteiger partial charge on any atom is 0.0455 e. The molecule has 3 N–H and O–H groups in total. The summed E-state index contributed by atoms with van der Waals surface area (Å²) < 4.78 is 0. The molecule has 0 saturated heterocycles. The second-order valence-corrected chi connectivity index (χ2v) is 5.66. The van der Waals surface area contributed by atoms with Gasteiger partial charge in [-0.3, -0.25) is 0 Å². The van der Waals surface area contributed by atoms with Crippen molar-refractivity contribution >= 4 is 10.8 Å². The molecule has 3 aromatic rings. The molecule has 0 aliphatic carbocycles. The Morgan fingerprint density at radius 1 is 0.864 bits per heavy atom. The molecule has 0 aliphatic rings. The van der Waals surface area contributed by atoms with E-state index in [9.17, 15) is 0 Å². The Balaban J connectivity index is 1.90. The van der Waals surface area contributed by atoms with E-state index in [4.69, 9.17) is 5.73 Å². The van der Waals surface area contributed by atoms with Crippen molar-refractivity contribution in [2.45, 2.75) is 19.0 Å². The van der Waals surface area contributed by atoms with Crippen molar-refractivity contribution in [1.29, 1.82) is 0 Å². The van der Waals surface area contributed by atoms with Crippen LogP contribution in [0.2, 0.25) is 0 Å². The van der Waals surface area contributed by atoms with Crippen LogP contribution in [-0.4, -0.2) is 6.54 Å². The first kappa shape index (κ1) is 14.8. The molecule has 2 unspecified atom stereocenters. The first-order valence-corrected chi connectivity index (χ1v) is 7.78. The van der Waals surface area contributed by atoms with Crippen LogP contribution >= 0.6 is 0 Å². The van der Waals surface area contributed by atoms with Crippen molar-refractivity contribution in [1.82, 2.24) is 5.32 Å². The van der Waals surface area contributed by atoms with Gasteiger partial charge < -0.3 is 11.1 Å². The van der Waals surface area contributed by atoms with E-state index >= 15 is 0 Å². The Labute approximate surface area is 132 Å². The van der Waals surface area contributed by atoms with Gasteiger partial charge in [-0.05, 0) is 28.8 Å². The topological polar surface area (TPSA) is 38.0 Å². The van der Waals surface area contributed by atoms with E-state index in [1.807, 2.05) is 6.07 Å². The molecule has 0 fully saturated rings. The highest BCUT2D eigenvalue weighted by molar-refractivity contribution is 5.86. The molecule has 0 amide bonds. The molecule has 22 heavy (non-hydrogen) atoms. The molecule has 0 aromatic heterocycles. The lowest BCUT2D eigenvalue weighted by molar-refractivity contribution is 0.475. The molecule has 2 heteroatoms. The Bertz CT molecular complexity index is 732. The summed E-state index contributed by atoms with van der Waals surface area (Å²) in [4.78, 5) is 0. The van der Waals surface area contributed by atoms with E-state index in [1.54, 1.807) is 0 Å². The number of nitrogens with one attached hydrogen (secondary N) is 1. The fraction of sp³-hybridized carbons (Fsp3) is 0.200. The van der Waals surface area contributed by atoms with Gasteiger partial charge in [-0.15, -0.1) is 0 Å². The predicted octanol–water partition coefficient (Wildman–Crippen LogP) is 4.19. The van der Waals surface area contributed by atoms with Gasteiger partial charge in [0.2, 0.25) is 0 Å². The van der Waals surface area contributed by atoms with Gasteiger partial charge >= 0.3 is 0 Å². The lowest BCUT2D eigenvalue weighted by Crippen LogP contribution is -2.30. The molecule has 0 aliphatic heterocycles. The lowest BCUT2D eigenvalue weighted by Gasteiger charge is -2.24. The maximum atomic E-state index is 6.06. The van der Waals surface area contributed by atoms with Gasteiger partial charge in [0.25, 0.3) is 0 Å². The summed E-state index contributed by atoms with van der Waals surface area (Å²) in [5, 5.41) is 6.19. The summed E-state index contributed by atoms with van der Waals surface area (Å²) >= 11 is 0. The largest absolute Gasteiger partial charge is 0.329 e. The number of hydrogen-bond donors (Lipinski definition) is 2. The SMILES string of the molecule is CC(NC(CN)c1cccc2ccccc12)c1ccccc1. The minimum atomic E-state index is 0.140. The average molecular weight is 290 g/mol. The zero-order chi connectivity index (χ0) is 15.4. The molecule has 0 spiro atoms. The highest BCUT2D eigenvalue weighted by atomic mass is 15.0. The fourth-order valence-electron chi connectivity index (χ4n) is 2.98. The predicted molar refractivity (Wildman–Crippen MR) is 93.7 cm³/mol.